The highest BCUT2D eigenvalue weighted by Crippen LogP contribution is 2.42. The summed E-state index contributed by atoms with van der Waals surface area (Å²) >= 11 is 0. The topological polar surface area (TPSA) is 30.2 Å². The molecule has 3 heteroatoms. The van der Waals surface area contributed by atoms with Crippen molar-refractivity contribution in [2.75, 3.05) is 0 Å². The molecule has 0 bridgehead atoms. The summed E-state index contributed by atoms with van der Waals surface area (Å²) in [7, 11) is 0. The van der Waals surface area contributed by atoms with Crippen molar-refractivity contribution in [3.8, 4) is 44.8 Å². The minimum Gasteiger partial charge on any atom is -0.306 e. The Morgan fingerprint density at radius 1 is 0.408 bits per heavy atom. The molecule has 10 aromatic rings. The van der Waals surface area contributed by atoms with Gasteiger partial charge < -0.3 is 4.40 Å². The molecule has 0 saturated carbocycles. The van der Waals surface area contributed by atoms with E-state index in [9.17, 15) is 0 Å². The summed E-state index contributed by atoms with van der Waals surface area (Å²) < 4.78 is 2.10. The maximum absolute atomic E-state index is 5.33. The lowest BCUT2D eigenvalue weighted by Gasteiger charge is -2.17. The lowest BCUT2D eigenvalue weighted by molar-refractivity contribution is 1.19. The van der Waals surface area contributed by atoms with Crippen LogP contribution in [-0.2, 0) is 0 Å². The summed E-state index contributed by atoms with van der Waals surface area (Å²) in [5, 5.41) is 8.45. The normalized spacial score (nSPS) is 11.7. The molecule has 0 atom stereocenters. The van der Waals surface area contributed by atoms with E-state index in [1.165, 1.54) is 43.4 Å². The van der Waals surface area contributed by atoms with Gasteiger partial charge in [-0.2, -0.15) is 0 Å². The first kappa shape index (κ1) is 27.5. The molecular formula is C46H29N3. The van der Waals surface area contributed by atoms with Crippen LogP contribution in [0.3, 0.4) is 0 Å². The van der Waals surface area contributed by atoms with E-state index in [4.69, 9.17) is 9.97 Å². The van der Waals surface area contributed by atoms with E-state index < -0.39 is 0 Å². The molecule has 0 aliphatic heterocycles. The van der Waals surface area contributed by atoms with Gasteiger partial charge in [0.05, 0.1) is 16.9 Å². The fourth-order valence-electron chi connectivity index (χ4n) is 7.39. The Balaban J connectivity index is 1.18. The van der Waals surface area contributed by atoms with Crippen molar-refractivity contribution in [3.63, 3.8) is 0 Å². The van der Waals surface area contributed by atoms with Gasteiger partial charge in [-0.1, -0.05) is 127 Å². The van der Waals surface area contributed by atoms with E-state index in [1.807, 2.05) is 6.07 Å². The standard InChI is InChI=1S/C46H29N3/c1-2-12-31(13-3-1)43-29-49-24-23-34(27-44(49)47-43)33-15-10-16-35(25-33)40-28-41-45(38-18-7-6-17-37(38)40)39-19-8-9-20-42(39)48-46(41)36-22-21-30-11-4-5-14-32(30)26-36/h1-29H. The maximum atomic E-state index is 5.33. The lowest BCUT2D eigenvalue weighted by Crippen LogP contribution is -1.93. The Morgan fingerprint density at radius 2 is 1.12 bits per heavy atom. The summed E-state index contributed by atoms with van der Waals surface area (Å²) in [6, 6.07) is 58.5. The number of rotatable bonds is 4. The van der Waals surface area contributed by atoms with Gasteiger partial charge in [0.15, 0.2) is 0 Å². The number of hydrogen-bond donors (Lipinski definition) is 0. The van der Waals surface area contributed by atoms with E-state index in [2.05, 4.69) is 175 Å². The molecule has 3 nitrogen and oxygen atoms in total. The number of fused-ring (bicyclic) bond motifs is 7. The molecule has 10 rings (SSSR count). The fraction of sp³-hybridized carbons (Fsp3) is 0. The van der Waals surface area contributed by atoms with Crippen LogP contribution in [-0.4, -0.2) is 14.4 Å². The van der Waals surface area contributed by atoms with Crippen LogP contribution in [0.5, 0.6) is 0 Å². The van der Waals surface area contributed by atoms with Gasteiger partial charge in [0.1, 0.15) is 5.65 Å². The Hall–Kier alpha value is -6.58. The minimum absolute atomic E-state index is 0.927. The third kappa shape index (κ3) is 4.59. The van der Waals surface area contributed by atoms with Gasteiger partial charge in [0.25, 0.3) is 0 Å². The first-order valence-electron chi connectivity index (χ1n) is 16.7. The van der Waals surface area contributed by atoms with Crippen molar-refractivity contribution in [1.82, 2.24) is 14.4 Å². The van der Waals surface area contributed by atoms with Crippen molar-refractivity contribution in [1.29, 1.82) is 0 Å². The molecule has 7 aromatic carbocycles. The number of imidazole rings is 1. The molecule has 0 fully saturated rings. The van der Waals surface area contributed by atoms with E-state index in [1.54, 1.807) is 0 Å². The summed E-state index contributed by atoms with van der Waals surface area (Å²) in [5.74, 6) is 0. The molecular weight excluding hydrogens is 595 g/mol. The van der Waals surface area contributed by atoms with E-state index in [0.717, 1.165) is 50.2 Å². The molecule has 0 unspecified atom stereocenters. The number of aromatic nitrogens is 3. The van der Waals surface area contributed by atoms with Gasteiger partial charge in [-0.05, 0) is 80.2 Å². The second kappa shape index (κ2) is 11.0. The largest absolute Gasteiger partial charge is 0.306 e. The van der Waals surface area contributed by atoms with E-state index in [-0.39, 0.29) is 0 Å². The van der Waals surface area contributed by atoms with Crippen molar-refractivity contribution in [3.05, 3.63) is 176 Å². The minimum atomic E-state index is 0.927. The van der Waals surface area contributed by atoms with Crippen molar-refractivity contribution in [2.24, 2.45) is 0 Å². The number of hydrogen-bond acceptors (Lipinski definition) is 2. The number of nitrogens with zero attached hydrogens (tertiary/aromatic N) is 3. The third-order valence-electron chi connectivity index (χ3n) is 9.76. The van der Waals surface area contributed by atoms with Crippen molar-refractivity contribution >= 4 is 48.9 Å². The number of benzene rings is 7. The van der Waals surface area contributed by atoms with E-state index in [0.29, 0.717) is 0 Å². The van der Waals surface area contributed by atoms with Gasteiger partial charge >= 0.3 is 0 Å². The van der Waals surface area contributed by atoms with Crippen molar-refractivity contribution < 1.29 is 0 Å². The predicted octanol–water partition coefficient (Wildman–Crippen LogP) is 12.0. The molecule has 49 heavy (non-hydrogen) atoms. The second-order valence-corrected chi connectivity index (χ2v) is 12.7. The van der Waals surface area contributed by atoms with Crippen LogP contribution >= 0.6 is 0 Å². The zero-order valence-electron chi connectivity index (χ0n) is 26.6. The van der Waals surface area contributed by atoms with E-state index >= 15 is 0 Å². The van der Waals surface area contributed by atoms with Crippen LogP contribution in [0.15, 0.2) is 176 Å². The van der Waals surface area contributed by atoms with Gasteiger partial charge in [-0.15, -0.1) is 0 Å². The first-order valence-corrected chi connectivity index (χ1v) is 16.7. The van der Waals surface area contributed by atoms with Gasteiger partial charge in [0.2, 0.25) is 0 Å². The average Bonchev–Trinajstić information content (AvgIpc) is 3.61. The predicted molar refractivity (Wildman–Crippen MR) is 205 cm³/mol. The average molecular weight is 624 g/mol. The highest BCUT2D eigenvalue weighted by molar-refractivity contribution is 6.25. The summed E-state index contributed by atoms with van der Waals surface area (Å²) in [5.41, 5.74) is 10.8. The second-order valence-electron chi connectivity index (χ2n) is 12.7. The molecule has 228 valence electrons. The van der Waals surface area contributed by atoms with Gasteiger partial charge in [0, 0.05) is 39.7 Å². The SMILES string of the molecule is c1ccc(-c2cn3ccc(-c4cccc(-c5cc6c(-c7ccc8ccccc8c7)nc7ccccc7c6c6ccccc56)c4)cc3n2)cc1. The summed E-state index contributed by atoms with van der Waals surface area (Å²) in [6.45, 7) is 0. The monoisotopic (exact) mass is 623 g/mol. The molecule has 0 aliphatic rings. The highest BCUT2D eigenvalue weighted by Gasteiger charge is 2.17. The fourth-order valence-corrected chi connectivity index (χ4v) is 7.39. The Kier molecular flexibility index (Phi) is 6.18. The summed E-state index contributed by atoms with van der Waals surface area (Å²) in [4.78, 5) is 10.3. The van der Waals surface area contributed by atoms with Gasteiger partial charge in [-0.3, -0.25) is 0 Å². The molecule has 0 spiro atoms. The third-order valence-corrected chi connectivity index (χ3v) is 9.76. The zero-order chi connectivity index (χ0) is 32.3. The van der Waals surface area contributed by atoms with Crippen LogP contribution < -0.4 is 0 Å². The molecule has 3 aromatic heterocycles. The molecule has 0 saturated heterocycles. The lowest BCUT2D eigenvalue weighted by atomic mass is 9.89. The molecule has 3 heterocycles. The molecule has 0 radical (unpaired) electrons. The van der Waals surface area contributed by atoms with Crippen molar-refractivity contribution in [2.45, 2.75) is 0 Å². The molecule has 0 amide bonds. The van der Waals surface area contributed by atoms with Gasteiger partial charge in [-0.25, -0.2) is 9.97 Å². The maximum Gasteiger partial charge on any atom is 0.138 e. The van der Waals surface area contributed by atoms with Crippen LogP contribution in [0.1, 0.15) is 0 Å². The number of para-hydroxylation sites is 1. The Labute approximate surface area is 283 Å². The Morgan fingerprint density at radius 3 is 2.02 bits per heavy atom. The number of pyridine rings is 2. The smallest absolute Gasteiger partial charge is 0.138 e. The molecule has 0 N–H and O–H groups in total. The van der Waals surface area contributed by atoms with Crippen LogP contribution in [0.25, 0.3) is 93.6 Å². The summed E-state index contributed by atoms with van der Waals surface area (Å²) in [6.07, 6.45) is 4.20. The quantitative estimate of drug-likeness (QED) is 0.183. The Bertz CT molecular complexity index is 2880. The van der Waals surface area contributed by atoms with Crippen LogP contribution in [0.2, 0.25) is 0 Å². The van der Waals surface area contributed by atoms with Crippen LogP contribution in [0, 0.1) is 0 Å². The first-order chi connectivity index (χ1) is 24.3. The molecule has 0 aliphatic carbocycles. The zero-order valence-corrected chi connectivity index (χ0v) is 26.6. The highest BCUT2D eigenvalue weighted by atomic mass is 15.0. The van der Waals surface area contributed by atoms with Crippen LogP contribution in [0.4, 0.5) is 0 Å².